The number of unbranched alkanes of at least 4 members (excludes halogenated alkanes) is 1. The highest BCUT2D eigenvalue weighted by Crippen LogP contribution is 2.42. The minimum absolute atomic E-state index is 0.0623. The molecule has 3 amide bonds. The van der Waals surface area contributed by atoms with Crippen molar-refractivity contribution in [2.24, 2.45) is 11.8 Å². The first-order valence-corrected chi connectivity index (χ1v) is 14.9. The summed E-state index contributed by atoms with van der Waals surface area (Å²) in [5.41, 5.74) is -1.40. The number of nitrogens with one attached hydrogen (secondary N) is 2. The molecule has 4 atom stereocenters. The van der Waals surface area contributed by atoms with Gasteiger partial charge in [0.05, 0.1) is 22.8 Å². The second-order valence-corrected chi connectivity index (χ2v) is 11.7. The number of benzene rings is 1. The fraction of sp³-hybridized carbons (Fsp3) is 0.724. The van der Waals surface area contributed by atoms with E-state index < -0.39 is 35.6 Å². The van der Waals surface area contributed by atoms with E-state index in [0.717, 1.165) is 25.7 Å². The number of amides is 3. The summed E-state index contributed by atoms with van der Waals surface area (Å²) < 4.78 is 20.4. The van der Waals surface area contributed by atoms with E-state index in [-0.39, 0.29) is 36.1 Å². The molecule has 1 saturated heterocycles. The van der Waals surface area contributed by atoms with Crippen molar-refractivity contribution in [2.45, 2.75) is 88.4 Å². The number of aliphatic hydroxyl groups excluding tert-OH is 1. The molecule has 0 radical (unpaired) electrons. The SMILES string of the molecule is COCCCC[C@@](O)(c1cccc(Cl)c1F)C1CCCN(C(=O)N[C@@H](CC2CCCCC2)C(O)CNC(=O)O)C1. The normalized spacial score (nSPS) is 21.3. The first kappa shape index (κ1) is 32.4. The zero-order valence-corrected chi connectivity index (χ0v) is 24.2. The van der Waals surface area contributed by atoms with E-state index in [2.05, 4.69) is 10.6 Å². The van der Waals surface area contributed by atoms with Crippen LogP contribution in [-0.2, 0) is 10.3 Å². The van der Waals surface area contributed by atoms with Gasteiger partial charge >= 0.3 is 12.1 Å². The lowest BCUT2D eigenvalue weighted by Gasteiger charge is -2.43. The number of aliphatic hydroxyl groups is 2. The number of likely N-dealkylation sites (tertiary alicyclic amines) is 1. The minimum atomic E-state index is -1.53. The summed E-state index contributed by atoms with van der Waals surface area (Å²) in [6.45, 7) is 0.998. The zero-order chi connectivity index (χ0) is 29.1. The highest BCUT2D eigenvalue weighted by molar-refractivity contribution is 6.30. The van der Waals surface area contributed by atoms with Crippen LogP contribution >= 0.6 is 11.6 Å². The van der Waals surface area contributed by atoms with Crippen LogP contribution in [0.2, 0.25) is 5.02 Å². The zero-order valence-electron chi connectivity index (χ0n) is 23.4. The van der Waals surface area contributed by atoms with Crippen LogP contribution in [0.25, 0.3) is 0 Å². The molecule has 5 N–H and O–H groups in total. The van der Waals surface area contributed by atoms with Crippen LogP contribution in [0.4, 0.5) is 14.0 Å². The number of hydrogen-bond donors (Lipinski definition) is 5. The average molecular weight is 586 g/mol. The molecule has 1 aliphatic heterocycles. The Morgan fingerprint density at radius 3 is 2.65 bits per heavy atom. The standard InChI is InChI=1S/C29H45ClFN3O6/c1-40-16-6-5-14-29(39,22-12-7-13-23(30)26(22)31)21-11-8-15-34(19-21)27(36)33-24(25(35)18-32-28(37)38)17-20-9-3-2-4-10-20/h7,12-13,20-21,24-25,32,35,39H,2-6,8-11,14-19H2,1H3,(H,33,36)(H,37,38)/t21?,24-,25?,29-/m0/s1. The van der Waals surface area contributed by atoms with Crippen molar-refractivity contribution in [3.05, 3.63) is 34.6 Å². The predicted molar refractivity (Wildman–Crippen MR) is 151 cm³/mol. The molecule has 1 saturated carbocycles. The van der Waals surface area contributed by atoms with Gasteiger partial charge in [0, 0.05) is 44.8 Å². The molecule has 40 heavy (non-hydrogen) atoms. The van der Waals surface area contributed by atoms with Crippen molar-refractivity contribution in [1.82, 2.24) is 15.5 Å². The number of urea groups is 1. The Labute approximate surface area is 241 Å². The third-order valence-corrected chi connectivity index (χ3v) is 8.80. The molecule has 3 rings (SSSR count). The van der Waals surface area contributed by atoms with Crippen molar-refractivity contribution in [3.63, 3.8) is 0 Å². The fourth-order valence-electron chi connectivity index (χ4n) is 6.27. The van der Waals surface area contributed by atoms with Gasteiger partial charge in [-0.15, -0.1) is 0 Å². The summed E-state index contributed by atoms with van der Waals surface area (Å²) >= 11 is 6.09. The maximum atomic E-state index is 15.2. The second-order valence-electron chi connectivity index (χ2n) is 11.3. The number of halogens is 2. The van der Waals surface area contributed by atoms with Crippen molar-refractivity contribution in [2.75, 3.05) is 33.4 Å². The lowest BCUT2D eigenvalue weighted by molar-refractivity contribution is -0.0589. The summed E-state index contributed by atoms with van der Waals surface area (Å²) in [5.74, 6) is -0.741. The summed E-state index contributed by atoms with van der Waals surface area (Å²) in [6, 6.07) is 3.62. The number of nitrogens with zero attached hydrogens (tertiary/aromatic N) is 1. The van der Waals surface area contributed by atoms with Crippen LogP contribution in [0, 0.1) is 17.7 Å². The molecule has 11 heteroatoms. The van der Waals surface area contributed by atoms with Crippen LogP contribution in [0.5, 0.6) is 0 Å². The number of carbonyl (C=O) groups is 2. The molecular formula is C29H45ClFN3O6. The Morgan fingerprint density at radius 1 is 1.20 bits per heavy atom. The lowest BCUT2D eigenvalue weighted by Crippen LogP contribution is -2.56. The summed E-state index contributed by atoms with van der Waals surface area (Å²) in [7, 11) is 1.61. The first-order valence-electron chi connectivity index (χ1n) is 14.5. The van der Waals surface area contributed by atoms with Gasteiger partial charge < -0.3 is 35.6 Å². The van der Waals surface area contributed by atoms with E-state index >= 15 is 4.39 Å². The van der Waals surface area contributed by atoms with Crippen molar-refractivity contribution in [1.29, 1.82) is 0 Å². The number of rotatable bonds is 13. The van der Waals surface area contributed by atoms with Crippen molar-refractivity contribution in [3.8, 4) is 0 Å². The number of carboxylic acid groups (broad SMARTS) is 1. The number of piperidine rings is 1. The lowest BCUT2D eigenvalue weighted by atomic mass is 9.74. The van der Waals surface area contributed by atoms with Crippen LogP contribution in [0.1, 0.15) is 76.2 Å². The van der Waals surface area contributed by atoms with E-state index in [1.165, 1.54) is 12.5 Å². The van der Waals surface area contributed by atoms with E-state index in [9.17, 15) is 19.8 Å². The molecule has 1 aliphatic carbocycles. The molecule has 1 heterocycles. The van der Waals surface area contributed by atoms with Gasteiger partial charge in [0.2, 0.25) is 0 Å². The van der Waals surface area contributed by atoms with Crippen molar-refractivity contribution >= 4 is 23.7 Å². The maximum absolute atomic E-state index is 15.2. The van der Waals surface area contributed by atoms with Gasteiger partial charge in [-0.1, -0.05) is 55.8 Å². The summed E-state index contributed by atoms with van der Waals surface area (Å²) in [4.78, 5) is 26.1. The average Bonchev–Trinajstić information content (AvgIpc) is 2.95. The van der Waals surface area contributed by atoms with E-state index in [0.29, 0.717) is 51.2 Å². The molecule has 2 aliphatic rings. The van der Waals surface area contributed by atoms with Crippen LogP contribution in [0.15, 0.2) is 18.2 Å². The van der Waals surface area contributed by atoms with Gasteiger partial charge in [0.25, 0.3) is 0 Å². The van der Waals surface area contributed by atoms with E-state index in [1.54, 1.807) is 24.1 Å². The van der Waals surface area contributed by atoms with Crippen LogP contribution in [0.3, 0.4) is 0 Å². The number of methoxy groups -OCH3 is 1. The topological polar surface area (TPSA) is 131 Å². The van der Waals surface area contributed by atoms with Gasteiger partial charge in [-0.25, -0.2) is 14.0 Å². The van der Waals surface area contributed by atoms with Gasteiger partial charge in [-0.2, -0.15) is 0 Å². The van der Waals surface area contributed by atoms with Crippen LogP contribution < -0.4 is 10.6 Å². The third-order valence-electron chi connectivity index (χ3n) is 8.51. The summed E-state index contributed by atoms with van der Waals surface area (Å²) in [6.07, 6.45) is 6.46. The smallest absolute Gasteiger partial charge is 0.404 e. The third kappa shape index (κ3) is 8.93. The summed E-state index contributed by atoms with van der Waals surface area (Å²) in [5, 5.41) is 36.9. The molecule has 0 spiro atoms. The number of carbonyl (C=O) groups excluding carboxylic acids is 1. The van der Waals surface area contributed by atoms with Crippen LogP contribution in [-0.4, -0.2) is 77.8 Å². The predicted octanol–water partition coefficient (Wildman–Crippen LogP) is 4.87. The Bertz CT molecular complexity index is 966. The number of hydrogen-bond acceptors (Lipinski definition) is 5. The fourth-order valence-corrected chi connectivity index (χ4v) is 6.44. The molecular weight excluding hydrogens is 541 g/mol. The minimum Gasteiger partial charge on any atom is -0.465 e. The van der Waals surface area contributed by atoms with E-state index in [4.69, 9.17) is 21.4 Å². The highest BCUT2D eigenvalue weighted by Gasteiger charge is 2.43. The molecule has 1 aromatic carbocycles. The Hall–Kier alpha value is -2.14. The molecule has 9 nitrogen and oxygen atoms in total. The first-order chi connectivity index (χ1) is 19.2. The van der Waals surface area contributed by atoms with Gasteiger partial charge in [-0.3, -0.25) is 0 Å². The molecule has 0 aromatic heterocycles. The maximum Gasteiger partial charge on any atom is 0.404 e. The van der Waals surface area contributed by atoms with Crippen molar-refractivity contribution < 1.29 is 34.0 Å². The molecule has 1 aromatic rings. The van der Waals surface area contributed by atoms with Gasteiger partial charge in [0.1, 0.15) is 5.82 Å². The van der Waals surface area contributed by atoms with E-state index in [1.807, 2.05) is 0 Å². The largest absolute Gasteiger partial charge is 0.465 e. The Balaban J connectivity index is 1.76. The molecule has 2 fully saturated rings. The highest BCUT2D eigenvalue weighted by atomic mass is 35.5. The monoisotopic (exact) mass is 585 g/mol. The Kier molecular flexibility index (Phi) is 12.7. The van der Waals surface area contributed by atoms with Gasteiger partial charge in [0.15, 0.2) is 0 Å². The Morgan fingerprint density at radius 2 is 1.95 bits per heavy atom. The van der Waals surface area contributed by atoms with Gasteiger partial charge in [-0.05, 0) is 50.5 Å². The molecule has 2 unspecified atom stereocenters. The number of ether oxygens (including phenoxy) is 1. The second kappa shape index (κ2) is 15.7. The molecule has 0 bridgehead atoms. The molecule has 226 valence electrons. The quantitative estimate of drug-likeness (QED) is 0.210.